The maximum atomic E-state index is 5.86. The summed E-state index contributed by atoms with van der Waals surface area (Å²) in [5.41, 5.74) is 0.881. The molecular formula is C8H6BrClN2O. The molecule has 5 heteroatoms. The Balaban J connectivity index is 2.85. The predicted octanol–water partition coefficient (Wildman–Crippen LogP) is 2.76. The van der Waals surface area contributed by atoms with Crippen molar-refractivity contribution in [3.05, 3.63) is 28.0 Å². The van der Waals surface area contributed by atoms with Gasteiger partial charge in [-0.15, -0.1) is 0 Å². The van der Waals surface area contributed by atoms with Gasteiger partial charge < -0.3 is 4.74 Å². The van der Waals surface area contributed by atoms with Crippen molar-refractivity contribution in [1.82, 2.24) is 9.61 Å². The third-order valence-electron chi connectivity index (χ3n) is 1.72. The van der Waals surface area contributed by atoms with Crippen molar-refractivity contribution < 1.29 is 4.74 Å². The molecule has 0 saturated carbocycles. The normalized spacial score (nSPS) is 10.7. The maximum absolute atomic E-state index is 5.86. The minimum atomic E-state index is 0.597. The lowest BCUT2D eigenvalue weighted by atomic mass is 10.4. The molecule has 0 amide bonds. The summed E-state index contributed by atoms with van der Waals surface area (Å²) in [5, 5.41) is 4.69. The lowest BCUT2D eigenvalue weighted by Crippen LogP contribution is -1.91. The molecule has 0 radical (unpaired) electrons. The highest BCUT2D eigenvalue weighted by atomic mass is 79.9. The van der Waals surface area contributed by atoms with Gasteiger partial charge in [-0.3, -0.25) is 0 Å². The van der Waals surface area contributed by atoms with Crippen molar-refractivity contribution in [2.45, 2.75) is 0 Å². The molecule has 2 rings (SSSR count). The Kier molecular flexibility index (Phi) is 2.17. The first-order valence-electron chi connectivity index (χ1n) is 3.59. The van der Waals surface area contributed by atoms with Crippen LogP contribution in [0.5, 0.6) is 5.75 Å². The number of methoxy groups -OCH3 is 1. The molecule has 2 aromatic heterocycles. The molecule has 0 aromatic carbocycles. The van der Waals surface area contributed by atoms with Crippen LogP contribution in [-0.2, 0) is 0 Å². The van der Waals surface area contributed by atoms with Crippen LogP contribution in [0.4, 0.5) is 0 Å². The summed E-state index contributed by atoms with van der Waals surface area (Å²) in [6.07, 6.45) is 3.43. The molecule has 2 aromatic rings. The molecule has 0 aliphatic heterocycles. The van der Waals surface area contributed by atoms with Crippen LogP contribution in [0, 0.1) is 0 Å². The number of aromatic nitrogens is 2. The Morgan fingerprint density at radius 1 is 1.62 bits per heavy atom. The van der Waals surface area contributed by atoms with Gasteiger partial charge in [0, 0.05) is 12.3 Å². The third-order valence-corrected chi connectivity index (χ3v) is 2.51. The van der Waals surface area contributed by atoms with Crippen LogP contribution < -0.4 is 4.74 Å². The lowest BCUT2D eigenvalue weighted by molar-refractivity contribution is 0.417. The number of halogens is 2. The molecule has 0 N–H and O–H groups in total. The van der Waals surface area contributed by atoms with Gasteiger partial charge in [-0.2, -0.15) is 5.10 Å². The van der Waals surface area contributed by atoms with E-state index in [-0.39, 0.29) is 0 Å². The van der Waals surface area contributed by atoms with Crippen molar-refractivity contribution >= 4 is 33.0 Å². The van der Waals surface area contributed by atoms with E-state index >= 15 is 0 Å². The van der Waals surface area contributed by atoms with E-state index in [4.69, 9.17) is 16.3 Å². The van der Waals surface area contributed by atoms with E-state index in [2.05, 4.69) is 21.0 Å². The van der Waals surface area contributed by atoms with E-state index in [0.717, 1.165) is 9.99 Å². The first-order chi connectivity index (χ1) is 6.22. The average Bonchev–Trinajstić information content (AvgIpc) is 2.46. The fourth-order valence-corrected chi connectivity index (χ4v) is 1.83. The first kappa shape index (κ1) is 8.84. The van der Waals surface area contributed by atoms with Crippen LogP contribution in [0.25, 0.3) is 5.52 Å². The second-order valence-electron chi connectivity index (χ2n) is 2.51. The van der Waals surface area contributed by atoms with Crippen LogP contribution in [-0.4, -0.2) is 16.7 Å². The quantitative estimate of drug-likeness (QED) is 0.789. The largest absolute Gasteiger partial charge is 0.494 e. The molecule has 0 saturated heterocycles. The highest BCUT2D eigenvalue weighted by Crippen LogP contribution is 2.29. The molecule has 0 atom stereocenters. The number of hydrogen-bond acceptors (Lipinski definition) is 2. The SMILES string of the molecule is COc1cc(Cl)cn2ncc(Br)c12. The zero-order valence-electron chi connectivity index (χ0n) is 6.79. The summed E-state index contributed by atoms with van der Waals surface area (Å²) in [7, 11) is 1.60. The molecule has 0 unspecified atom stereocenters. The number of rotatable bonds is 1. The fourth-order valence-electron chi connectivity index (χ4n) is 1.17. The van der Waals surface area contributed by atoms with Gasteiger partial charge in [-0.25, -0.2) is 4.52 Å². The van der Waals surface area contributed by atoms with E-state index in [0.29, 0.717) is 10.8 Å². The van der Waals surface area contributed by atoms with Gasteiger partial charge >= 0.3 is 0 Å². The lowest BCUT2D eigenvalue weighted by Gasteiger charge is -2.03. The topological polar surface area (TPSA) is 26.5 Å². The molecule has 2 heterocycles. The zero-order chi connectivity index (χ0) is 9.42. The van der Waals surface area contributed by atoms with Crippen LogP contribution in [0.15, 0.2) is 22.9 Å². The summed E-state index contributed by atoms with van der Waals surface area (Å²) in [5.74, 6) is 0.705. The van der Waals surface area contributed by atoms with E-state index in [1.807, 2.05) is 0 Å². The smallest absolute Gasteiger partial charge is 0.147 e. The monoisotopic (exact) mass is 260 g/mol. The van der Waals surface area contributed by atoms with E-state index < -0.39 is 0 Å². The zero-order valence-corrected chi connectivity index (χ0v) is 9.13. The van der Waals surface area contributed by atoms with Crippen molar-refractivity contribution in [1.29, 1.82) is 0 Å². The van der Waals surface area contributed by atoms with Gasteiger partial charge in [-0.05, 0) is 15.9 Å². The Hall–Kier alpha value is -0.740. The molecule has 0 bridgehead atoms. The highest BCUT2D eigenvalue weighted by molar-refractivity contribution is 9.10. The van der Waals surface area contributed by atoms with E-state index in [1.165, 1.54) is 0 Å². The van der Waals surface area contributed by atoms with Gasteiger partial charge in [0.1, 0.15) is 11.3 Å². The molecule has 3 nitrogen and oxygen atoms in total. The highest BCUT2D eigenvalue weighted by Gasteiger charge is 2.08. The van der Waals surface area contributed by atoms with E-state index in [9.17, 15) is 0 Å². The van der Waals surface area contributed by atoms with Crippen molar-refractivity contribution in [3.63, 3.8) is 0 Å². The van der Waals surface area contributed by atoms with Crippen LogP contribution >= 0.6 is 27.5 Å². The number of ether oxygens (including phenoxy) is 1. The minimum absolute atomic E-state index is 0.597. The van der Waals surface area contributed by atoms with Gasteiger partial charge in [-0.1, -0.05) is 11.6 Å². The van der Waals surface area contributed by atoms with Crippen LogP contribution in [0.2, 0.25) is 5.02 Å². The molecule has 0 spiro atoms. The molecular weight excluding hydrogens is 255 g/mol. The third kappa shape index (κ3) is 1.40. The first-order valence-corrected chi connectivity index (χ1v) is 4.76. The van der Waals surface area contributed by atoms with Crippen LogP contribution in [0.1, 0.15) is 0 Å². The van der Waals surface area contributed by atoms with Gasteiger partial charge in [0.05, 0.1) is 22.8 Å². The van der Waals surface area contributed by atoms with Gasteiger partial charge in [0.2, 0.25) is 0 Å². The Bertz CT molecular complexity index is 455. The second kappa shape index (κ2) is 3.20. The second-order valence-corrected chi connectivity index (χ2v) is 3.80. The summed E-state index contributed by atoms with van der Waals surface area (Å²) in [4.78, 5) is 0. The van der Waals surface area contributed by atoms with E-state index in [1.54, 1.807) is 30.1 Å². The molecule has 0 aliphatic carbocycles. The van der Waals surface area contributed by atoms with Crippen molar-refractivity contribution in [2.24, 2.45) is 0 Å². The van der Waals surface area contributed by atoms with Crippen LogP contribution in [0.3, 0.4) is 0 Å². The molecule has 13 heavy (non-hydrogen) atoms. The van der Waals surface area contributed by atoms with Gasteiger partial charge in [0.25, 0.3) is 0 Å². The molecule has 0 aliphatic rings. The fraction of sp³-hybridized carbons (Fsp3) is 0.125. The summed E-state index contributed by atoms with van der Waals surface area (Å²) in [6, 6.07) is 1.75. The number of fused-ring (bicyclic) bond motifs is 1. The van der Waals surface area contributed by atoms with Crippen molar-refractivity contribution in [3.8, 4) is 5.75 Å². The Labute approximate surface area is 88.4 Å². The molecule has 0 fully saturated rings. The average molecular weight is 262 g/mol. The predicted molar refractivity (Wildman–Crippen MR) is 54.5 cm³/mol. The number of pyridine rings is 1. The number of hydrogen-bond donors (Lipinski definition) is 0. The Morgan fingerprint density at radius 3 is 3.08 bits per heavy atom. The standard InChI is InChI=1S/C8H6BrClN2O/c1-13-7-2-5(10)4-12-8(7)6(9)3-11-12/h2-4H,1H3. The summed E-state index contributed by atoms with van der Waals surface area (Å²) >= 11 is 9.23. The number of nitrogens with zero attached hydrogens (tertiary/aromatic N) is 2. The minimum Gasteiger partial charge on any atom is -0.494 e. The summed E-state index contributed by atoms with van der Waals surface area (Å²) < 4.78 is 7.73. The Morgan fingerprint density at radius 2 is 2.38 bits per heavy atom. The van der Waals surface area contributed by atoms with Crippen molar-refractivity contribution in [2.75, 3.05) is 7.11 Å². The summed E-state index contributed by atoms with van der Waals surface area (Å²) in [6.45, 7) is 0. The van der Waals surface area contributed by atoms with Gasteiger partial charge in [0.15, 0.2) is 0 Å². The maximum Gasteiger partial charge on any atom is 0.147 e. The molecule has 68 valence electrons.